The largest absolute Gasteiger partial charge is 0.467 e. The van der Waals surface area contributed by atoms with E-state index in [1.54, 1.807) is 18.4 Å². The minimum atomic E-state index is -0.697. The minimum Gasteiger partial charge on any atom is -0.467 e. The lowest BCUT2D eigenvalue weighted by atomic mass is 10.1. The molecule has 1 heterocycles. The van der Waals surface area contributed by atoms with Gasteiger partial charge >= 0.3 is 0 Å². The highest BCUT2D eigenvalue weighted by Crippen LogP contribution is 2.12. The van der Waals surface area contributed by atoms with Gasteiger partial charge in [-0.2, -0.15) is 0 Å². The quantitative estimate of drug-likeness (QED) is 0.349. The molecule has 2 rings (SSSR count). The minimum absolute atomic E-state index is 0. The van der Waals surface area contributed by atoms with E-state index in [4.69, 9.17) is 4.42 Å². The van der Waals surface area contributed by atoms with Gasteiger partial charge in [0, 0.05) is 6.54 Å². The number of aryl methyl sites for hydroxylation is 1. The van der Waals surface area contributed by atoms with Crippen molar-refractivity contribution in [3.63, 3.8) is 0 Å². The maximum absolute atomic E-state index is 10.1. The smallest absolute Gasteiger partial charge is 0.191 e. The number of benzene rings is 1. The number of hydrogen-bond acceptors (Lipinski definition) is 3. The SMILES string of the molecule is CCNC(=NCc1ccccc1CC)NCC(O)c1ccco1.I. The average molecular weight is 443 g/mol. The number of rotatable bonds is 7. The van der Waals surface area contributed by atoms with Gasteiger partial charge in [-0.3, -0.25) is 0 Å². The third kappa shape index (κ3) is 6.16. The van der Waals surface area contributed by atoms with E-state index in [0.29, 0.717) is 24.8 Å². The predicted octanol–water partition coefficient (Wildman–Crippen LogP) is 3.25. The third-order valence-corrected chi connectivity index (χ3v) is 3.59. The Hall–Kier alpha value is -1.54. The summed E-state index contributed by atoms with van der Waals surface area (Å²) in [6, 6.07) is 11.8. The van der Waals surface area contributed by atoms with Gasteiger partial charge in [0.15, 0.2) is 5.96 Å². The van der Waals surface area contributed by atoms with Crippen LogP contribution in [-0.2, 0) is 13.0 Å². The van der Waals surface area contributed by atoms with Gasteiger partial charge in [-0.05, 0) is 36.6 Å². The van der Waals surface area contributed by atoms with Crippen LogP contribution in [0.2, 0.25) is 0 Å². The van der Waals surface area contributed by atoms with Crippen LogP contribution >= 0.6 is 24.0 Å². The Morgan fingerprint density at radius 3 is 2.50 bits per heavy atom. The molecule has 1 unspecified atom stereocenters. The fourth-order valence-corrected chi connectivity index (χ4v) is 2.34. The molecule has 6 heteroatoms. The second-order valence-electron chi connectivity index (χ2n) is 5.23. The summed E-state index contributed by atoms with van der Waals surface area (Å²) in [5.41, 5.74) is 2.53. The van der Waals surface area contributed by atoms with Crippen molar-refractivity contribution < 1.29 is 9.52 Å². The molecule has 5 nitrogen and oxygen atoms in total. The van der Waals surface area contributed by atoms with Gasteiger partial charge in [-0.25, -0.2) is 4.99 Å². The molecule has 24 heavy (non-hydrogen) atoms. The molecule has 2 aromatic rings. The molecule has 0 radical (unpaired) electrons. The van der Waals surface area contributed by atoms with Crippen LogP contribution in [0.25, 0.3) is 0 Å². The number of furan rings is 1. The highest BCUT2D eigenvalue weighted by molar-refractivity contribution is 14.0. The molecule has 132 valence electrons. The summed E-state index contributed by atoms with van der Waals surface area (Å²) in [5, 5.41) is 16.4. The molecule has 0 aliphatic rings. The van der Waals surface area contributed by atoms with Gasteiger partial charge in [0.2, 0.25) is 0 Å². The summed E-state index contributed by atoms with van der Waals surface area (Å²) in [5.74, 6) is 1.23. The van der Waals surface area contributed by atoms with E-state index in [2.05, 4.69) is 40.7 Å². The van der Waals surface area contributed by atoms with Crippen molar-refractivity contribution in [2.24, 2.45) is 4.99 Å². The van der Waals surface area contributed by atoms with Crippen LogP contribution in [0.5, 0.6) is 0 Å². The van der Waals surface area contributed by atoms with E-state index in [9.17, 15) is 5.11 Å². The second-order valence-corrected chi connectivity index (χ2v) is 5.23. The lowest BCUT2D eigenvalue weighted by Crippen LogP contribution is -2.39. The normalized spacial score (nSPS) is 12.4. The molecule has 3 N–H and O–H groups in total. The maximum Gasteiger partial charge on any atom is 0.191 e. The van der Waals surface area contributed by atoms with Crippen LogP contribution in [0.4, 0.5) is 0 Å². The summed E-state index contributed by atoms with van der Waals surface area (Å²) in [7, 11) is 0. The molecular formula is C18H26IN3O2. The lowest BCUT2D eigenvalue weighted by Gasteiger charge is -2.14. The summed E-state index contributed by atoms with van der Waals surface area (Å²) in [6.07, 6.45) is 1.85. The molecule has 1 atom stereocenters. The van der Waals surface area contributed by atoms with Crippen molar-refractivity contribution in [3.8, 4) is 0 Å². The number of nitrogens with one attached hydrogen (secondary N) is 2. The lowest BCUT2D eigenvalue weighted by molar-refractivity contribution is 0.153. The van der Waals surface area contributed by atoms with Gasteiger partial charge in [0.1, 0.15) is 11.9 Å². The monoisotopic (exact) mass is 443 g/mol. The summed E-state index contributed by atoms with van der Waals surface area (Å²) < 4.78 is 5.20. The zero-order valence-electron chi connectivity index (χ0n) is 14.2. The molecule has 0 spiro atoms. The number of aliphatic imine (C=N–C) groups is 1. The standard InChI is InChI=1S/C18H25N3O2.HI/c1-3-14-8-5-6-9-15(14)12-20-18(19-4-2)21-13-16(22)17-10-7-11-23-17;/h5-11,16,22H,3-4,12-13H2,1-2H3,(H2,19,20,21);1H. The maximum atomic E-state index is 10.1. The van der Waals surface area contributed by atoms with Gasteiger partial charge in [0.05, 0.1) is 19.4 Å². The molecule has 0 bridgehead atoms. The first-order valence-corrected chi connectivity index (χ1v) is 8.05. The van der Waals surface area contributed by atoms with E-state index < -0.39 is 6.10 Å². The zero-order valence-corrected chi connectivity index (χ0v) is 16.5. The first-order chi connectivity index (χ1) is 11.2. The highest BCUT2D eigenvalue weighted by atomic mass is 127. The van der Waals surface area contributed by atoms with Crippen LogP contribution in [0, 0.1) is 0 Å². The number of guanidine groups is 1. The Labute approximate surface area is 160 Å². The van der Waals surface area contributed by atoms with Crippen molar-refractivity contribution in [2.75, 3.05) is 13.1 Å². The number of halogens is 1. The van der Waals surface area contributed by atoms with Gasteiger partial charge in [-0.15, -0.1) is 24.0 Å². The topological polar surface area (TPSA) is 69.8 Å². The van der Waals surface area contributed by atoms with Crippen molar-refractivity contribution in [1.29, 1.82) is 0 Å². The first-order valence-electron chi connectivity index (χ1n) is 8.05. The number of nitrogens with zero attached hydrogens (tertiary/aromatic N) is 1. The molecule has 1 aromatic carbocycles. The molecule has 0 saturated heterocycles. The zero-order chi connectivity index (χ0) is 16.5. The molecule has 0 fully saturated rings. The van der Waals surface area contributed by atoms with Gasteiger partial charge in [-0.1, -0.05) is 31.2 Å². The molecular weight excluding hydrogens is 417 g/mol. The van der Waals surface area contributed by atoms with Crippen LogP contribution < -0.4 is 10.6 Å². The van der Waals surface area contributed by atoms with Crippen LogP contribution in [0.15, 0.2) is 52.1 Å². The van der Waals surface area contributed by atoms with Crippen LogP contribution in [0.1, 0.15) is 36.8 Å². The molecule has 0 saturated carbocycles. The Bertz CT molecular complexity index is 614. The third-order valence-electron chi connectivity index (χ3n) is 3.59. The predicted molar refractivity (Wildman–Crippen MR) is 108 cm³/mol. The summed E-state index contributed by atoms with van der Waals surface area (Å²) in [6.45, 7) is 5.87. The molecule has 0 amide bonds. The van der Waals surface area contributed by atoms with E-state index in [1.165, 1.54) is 11.1 Å². The average Bonchev–Trinajstić information content (AvgIpc) is 3.12. The van der Waals surface area contributed by atoms with Crippen molar-refractivity contribution in [1.82, 2.24) is 10.6 Å². The molecule has 0 aliphatic carbocycles. The van der Waals surface area contributed by atoms with E-state index >= 15 is 0 Å². The Morgan fingerprint density at radius 1 is 1.12 bits per heavy atom. The van der Waals surface area contributed by atoms with Crippen LogP contribution in [-0.4, -0.2) is 24.2 Å². The number of aliphatic hydroxyl groups is 1. The van der Waals surface area contributed by atoms with E-state index in [1.807, 2.05) is 13.0 Å². The van der Waals surface area contributed by atoms with Gasteiger partial charge < -0.3 is 20.2 Å². The fourth-order valence-electron chi connectivity index (χ4n) is 2.34. The molecule has 0 aliphatic heterocycles. The number of hydrogen-bond donors (Lipinski definition) is 3. The van der Waals surface area contributed by atoms with Crippen molar-refractivity contribution in [2.45, 2.75) is 32.9 Å². The van der Waals surface area contributed by atoms with Gasteiger partial charge in [0.25, 0.3) is 0 Å². The van der Waals surface area contributed by atoms with E-state index in [-0.39, 0.29) is 24.0 Å². The summed E-state index contributed by atoms with van der Waals surface area (Å²) >= 11 is 0. The second kappa shape index (κ2) is 11.1. The van der Waals surface area contributed by atoms with E-state index in [0.717, 1.165) is 13.0 Å². The fraction of sp³-hybridized carbons (Fsp3) is 0.389. The molecule has 1 aromatic heterocycles. The Morgan fingerprint density at radius 2 is 1.88 bits per heavy atom. The Balaban J connectivity index is 0.00000288. The van der Waals surface area contributed by atoms with Crippen molar-refractivity contribution in [3.05, 3.63) is 59.5 Å². The Kier molecular flexibility index (Phi) is 9.48. The summed E-state index contributed by atoms with van der Waals surface area (Å²) in [4.78, 5) is 4.60. The highest BCUT2D eigenvalue weighted by Gasteiger charge is 2.10. The van der Waals surface area contributed by atoms with Crippen molar-refractivity contribution >= 4 is 29.9 Å². The van der Waals surface area contributed by atoms with Crippen LogP contribution in [0.3, 0.4) is 0 Å². The number of aliphatic hydroxyl groups excluding tert-OH is 1. The first kappa shape index (κ1) is 20.5.